The summed E-state index contributed by atoms with van der Waals surface area (Å²) in [5, 5.41) is 13.1. The Balaban J connectivity index is 2.24. The lowest BCUT2D eigenvalue weighted by Gasteiger charge is -2.35. The van der Waals surface area contributed by atoms with E-state index in [4.69, 9.17) is 0 Å². The number of rotatable bonds is 4. The van der Waals surface area contributed by atoms with Crippen molar-refractivity contribution in [2.45, 2.75) is 25.8 Å². The average molecular weight is 313 g/mol. The molecule has 0 unspecified atom stereocenters. The molecule has 0 saturated carbocycles. The number of hydrogen-bond donors (Lipinski definition) is 2. The van der Waals surface area contributed by atoms with Crippen molar-refractivity contribution in [3.63, 3.8) is 0 Å². The second-order valence-corrected chi connectivity index (χ2v) is 5.65. The summed E-state index contributed by atoms with van der Waals surface area (Å²) < 4.78 is 1.09. The number of aromatic hydroxyl groups is 1. The summed E-state index contributed by atoms with van der Waals surface area (Å²) in [5.74, 6) is 0.351. The van der Waals surface area contributed by atoms with E-state index in [1.165, 1.54) is 5.56 Å². The SMILES string of the molecule is CCC[C@H](c1cc(O)ccc1Br)N1CCNCC1. The lowest BCUT2D eigenvalue weighted by Crippen LogP contribution is -2.45. The molecular formula is C14H21BrN2O. The van der Waals surface area contributed by atoms with Gasteiger partial charge in [0.15, 0.2) is 0 Å². The van der Waals surface area contributed by atoms with Gasteiger partial charge in [-0.25, -0.2) is 0 Å². The van der Waals surface area contributed by atoms with Crippen LogP contribution in [-0.4, -0.2) is 36.2 Å². The number of halogens is 1. The summed E-state index contributed by atoms with van der Waals surface area (Å²) in [7, 11) is 0. The van der Waals surface area contributed by atoms with Crippen LogP contribution in [0.4, 0.5) is 0 Å². The van der Waals surface area contributed by atoms with Gasteiger partial charge in [-0.1, -0.05) is 29.3 Å². The molecule has 0 amide bonds. The molecule has 1 aromatic rings. The van der Waals surface area contributed by atoms with Gasteiger partial charge in [0.2, 0.25) is 0 Å². The molecule has 1 aliphatic rings. The minimum atomic E-state index is 0.351. The van der Waals surface area contributed by atoms with Crippen molar-refractivity contribution in [1.82, 2.24) is 10.2 Å². The zero-order chi connectivity index (χ0) is 13.0. The van der Waals surface area contributed by atoms with Crippen LogP contribution in [-0.2, 0) is 0 Å². The second-order valence-electron chi connectivity index (χ2n) is 4.80. The number of benzene rings is 1. The number of phenolic OH excluding ortho intramolecular Hbond substituents is 1. The number of nitrogens with one attached hydrogen (secondary N) is 1. The molecule has 1 aromatic carbocycles. The Morgan fingerprint density at radius 1 is 1.39 bits per heavy atom. The van der Waals surface area contributed by atoms with Crippen molar-refractivity contribution in [3.8, 4) is 5.75 Å². The van der Waals surface area contributed by atoms with E-state index >= 15 is 0 Å². The Kier molecular flexibility index (Phi) is 5.03. The fourth-order valence-electron chi connectivity index (χ4n) is 2.59. The average Bonchev–Trinajstić information content (AvgIpc) is 2.40. The van der Waals surface area contributed by atoms with Crippen LogP contribution in [0.3, 0.4) is 0 Å². The first-order valence-corrected chi connectivity index (χ1v) is 7.45. The third-order valence-electron chi connectivity index (χ3n) is 3.49. The Morgan fingerprint density at radius 3 is 2.78 bits per heavy atom. The fraction of sp³-hybridized carbons (Fsp3) is 0.571. The molecule has 1 atom stereocenters. The Hall–Kier alpha value is -0.580. The first-order valence-electron chi connectivity index (χ1n) is 6.65. The first kappa shape index (κ1) is 13.8. The maximum absolute atomic E-state index is 9.70. The van der Waals surface area contributed by atoms with E-state index < -0.39 is 0 Å². The van der Waals surface area contributed by atoms with Gasteiger partial charge in [0, 0.05) is 36.7 Å². The number of hydrogen-bond acceptors (Lipinski definition) is 3. The van der Waals surface area contributed by atoms with Crippen LogP contribution in [0, 0.1) is 0 Å². The molecule has 1 heterocycles. The van der Waals surface area contributed by atoms with Crippen molar-refractivity contribution in [2.24, 2.45) is 0 Å². The van der Waals surface area contributed by atoms with Crippen LogP contribution < -0.4 is 5.32 Å². The standard InChI is InChI=1S/C14H21BrN2O/c1-2-3-14(17-8-6-16-7-9-17)12-10-11(18)4-5-13(12)15/h4-5,10,14,16,18H,2-3,6-9H2,1H3/t14-/m1/s1. The van der Waals surface area contributed by atoms with Crippen LogP contribution in [0.25, 0.3) is 0 Å². The largest absolute Gasteiger partial charge is 0.508 e. The molecule has 1 aliphatic heterocycles. The molecule has 1 saturated heterocycles. The maximum atomic E-state index is 9.70. The number of phenols is 1. The van der Waals surface area contributed by atoms with E-state index in [0.29, 0.717) is 11.8 Å². The Morgan fingerprint density at radius 2 is 2.11 bits per heavy atom. The summed E-state index contributed by atoms with van der Waals surface area (Å²) in [5.41, 5.74) is 1.21. The quantitative estimate of drug-likeness (QED) is 0.897. The third-order valence-corrected chi connectivity index (χ3v) is 4.22. The van der Waals surface area contributed by atoms with Gasteiger partial charge >= 0.3 is 0 Å². The van der Waals surface area contributed by atoms with Crippen molar-refractivity contribution >= 4 is 15.9 Å². The van der Waals surface area contributed by atoms with Crippen LogP contribution in [0.2, 0.25) is 0 Å². The summed E-state index contributed by atoms with van der Waals surface area (Å²) >= 11 is 3.61. The van der Waals surface area contributed by atoms with Gasteiger partial charge in [-0.2, -0.15) is 0 Å². The predicted octanol–water partition coefficient (Wildman–Crippen LogP) is 2.90. The van der Waals surface area contributed by atoms with Crippen molar-refractivity contribution in [1.29, 1.82) is 0 Å². The normalized spacial score (nSPS) is 18.8. The smallest absolute Gasteiger partial charge is 0.115 e. The van der Waals surface area contributed by atoms with Gasteiger partial charge in [0.05, 0.1) is 0 Å². The van der Waals surface area contributed by atoms with Crippen LogP contribution in [0.5, 0.6) is 5.75 Å². The summed E-state index contributed by atoms with van der Waals surface area (Å²) in [6.45, 7) is 6.47. The highest BCUT2D eigenvalue weighted by atomic mass is 79.9. The van der Waals surface area contributed by atoms with E-state index in [2.05, 4.69) is 33.1 Å². The van der Waals surface area contributed by atoms with E-state index in [0.717, 1.165) is 43.5 Å². The molecule has 0 bridgehead atoms. The monoisotopic (exact) mass is 312 g/mol. The number of nitrogens with zero attached hydrogens (tertiary/aromatic N) is 1. The highest BCUT2D eigenvalue weighted by molar-refractivity contribution is 9.10. The Bertz CT molecular complexity index is 391. The van der Waals surface area contributed by atoms with Crippen molar-refractivity contribution in [3.05, 3.63) is 28.2 Å². The molecule has 2 rings (SSSR count). The van der Waals surface area contributed by atoms with Crippen LogP contribution in [0.1, 0.15) is 31.4 Å². The lowest BCUT2D eigenvalue weighted by atomic mass is 9.99. The van der Waals surface area contributed by atoms with E-state index in [1.807, 2.05) is 12.1 Å². The maximum Gasteiger partial charge on any atom is 0.115 e. The molecule has 1 fully saturated rings. The summed E-state index contributed by atoms with van der Waals surface area (Å²) in [6, 6.07) is 5.97. The third kappa shape index (κ3) is 3.25. The highest BCUT2D eigenvalue weighted by Gasteiger charge is 2.23. The van der Waals surface area contributed by atoms with Crippen LogP contribution >= 0.6 is 15.9 Å². The van der Waals surface area contributed by atoms with E-state index in [9.17, 15) is 5.11 Å². The first-order chi connectivity index (χ1) is 8.72. The predicted molar refractivity (Wildman–Crippen MR) is 77.9 cm³/mol. The molecule has 100 valence electrons. The second kappa shape index (κ2) is 6.55. The molecular weight excluding hydrogens is 292 g/mol. The van der Waals surface area contributed by atoms with E-state index in [1.54, 1.807) is 6.07 Å². The van der Waals surface area contributed by atoms with Crippen LogP contribution in [0.15, 0.2) is 22.7 Å². The zero-order valence-corrected chi connectivity index (χ0v) is 12.4. The molecule has 2 N–H and O–H groups in total. The Labute approximate surface area is 117 Å². The van der Waals surface area contributed by atoms with Gasteiger partial charge in [-0.05, 0) is 30.2 Å². The highest BCUT2D eigenvalue weighted by Crippen LogP contribution is 2.33. The molecule has 4 heteroatoms. The van der Waals surface area contributed by atoms with Gasteiger partial charge in [0.1, 0.15) is 5.75 Å². The minimum Gasteiger partial charge on any atom is -0.508 e. The molecule has 0 radical (unpaired) electrons. The van der Waals surface area contributed by atoms with E-state index in [-0.39, 0.29) is 0 Å². The fourth-order valence-corrected chi connectivity index (χ4v) is 3.10. The van der Waals surface area contributed by atoms with Crippen molar-refractivity contribution < 1.29 is 5.11 Å². The zero-order valence-electron chi connectivity index (χ0n) is 10.8. The molecule has 0 aromatic heterocycles. The molecule has 0 spiro atoms. The van der Waals surface area contributed by atoms with Crippen molar-refractivity contribution in [2.75, 3.05) is 26.2 Å². The molecule has 3 nitrogen and oxygen atoms in total. The minimum absolute atomic E-state index is 0.351. The molecule has 0 aliphatic carbocycles. The molecule has 18 heavy (non-hydrogen) atoms. The summed E-state index contributed by atoms with van der Waals surface area (Å²) in [4.78, 5) is 2.51. The van der Waals surface area contributed by atoms with Gasteiger partial charge in [0.25, 0.3) is 0 Å². The van der Waals surface area contributed by atoms with Gasteiger partial charge < -0.3 is 10.4 Å². The topological polar surface area (TPSA) is 35.5 Å². The van der Waals surface area contributed by atoms with Gasteiger partial charge in [-0.3, -0.25) is 4.90 Å². The summed E-state index contributed by atoms with van der Waals surface area (Å²) in [6.07, 6.45) is 2.28. The van der Waals surface area contributed by atoms with Gasteiger partial charge in [-0.15, -0.1) is 0 Å². The number of piperazine rings is 1. The lowest BCUT2D eigenvalue weighted by molar-refractivity contribution is 0.164.